The van der Waals surface area contributed by atoms with E-state index in [1.165, 1.54) is 6.07 Å². The first-order valence-corrected chi connectivity index (χ1v) is 8.19. The molecule has 1 atom stereocenters. The Bertz CT molecular complexity index is 866. The summed E-state index contributed by atoms with van der Waals surface area (Å²) >= 11 is 0. The van der Waals surface area contributed by atoms with Crippen molar-refractivity contribution in [2.45, 2.75) is 25.7 Å². The van der Waals surface area contributed by atoms with Gasteiger partial charge in [-0.25, -0.2) is 9.78 Å². The van der Waals surface area contributed by atoms with Crippen molar-refractivity contribution in [1.29, 1.82) is 5.26 Å². The number of rotatable bonds is 2. The van der Waals surface area contributed by atoms with Gasteiger partial charge in [0.05, 0.1) is 17.3 Å². The monoisotopic (exact) mass is 337 g/mol. The second kappa shape index (κ2) is 7.18. The van der Waals surface area contributed by atoms with Crippen molar-refractivity contribution in [3.05, 3.63) is 57.8 Å². The summed E-state index contributed by atoms with van der Waals surface area (Å²) in [7, 11) is 0. The maximum absolute atomic E-state index is 12.5. The number of nitrogens with one attached hydrogen (secondary N) is 2. The number of hydrogen-bond donors (Lipinski definition) is 2. The van der Waals surface area contributed by atoms with Crippen LogP contribution >= 0.6 is 0 Å². The molecule has 0 spiro atoms. The molecule has 2 amide bonds. The summed E-state index contributed by atoms with van der Waals surface area (Å²) < 4.78 is 0. The highest BCUT2D eigenvalue weighted by atomic mass is 16.2. The van der Waals surface area contributed by atoms with Crippen LogP contribution < -0.4 is 10.9 Å². The Kier molecular flexibility index (Phi) is 4.80. The zero-order chi connectivity index (χ0) is 17.8. The number of anilines is 1. The summed E-state index contributed by atoms with van der Waals surface area (Å²) in [5.74, 6) is 0.642. The molecule has 0 saturated carbocycles. The molecule has 7 nitrogen and oxygen atoms in total. The Labute approximate surface area is 145 Å². The van der Waals surface area contributed by atoms with Crippen molar-refractivity contribution in [3.8, 4) is 6.07 Å². The largest absolute Gasteiger partial charge is 0.324 e. The van der Waals surface area contributed by atoms with Gasteiger partial charge in [0.15, 0.2) is 0 Å². The molecule has 1 aromatic carbocycles. The van der Waals surface area contributed by atoms with Crippen LogP contribution in [0, 0.1) is 18.3 Å². The predicted octanol–water partition coefficient (Wildman–Crippen LogP) is 2.36. The maximum Gasteiger partial charge on any atom is 0.321 e. The number of benzene rings is 1. The first kappa shape index (κ1) is 16.7. The Morgan fingerprint density at radius 1 is 1.40 bits per heavy atom. The predicted molar refractivity (Wildman–Crippen MR) is 93.3 cm³/mol. The zero-order valence-corrected chi connectivity index (χ0v) is 14.0. The highest BCUT2D eigenvalue weighted by Crippen LogP contribution is 2.25. The van der Waals surface area contributed by atoms with E-state index in [0.29, 0.717) is 30.2 Å². The van der Waals surface area contributed by atoms with Crippen LogP contribution in [0.4, 0.5) is 10.5 Å². The van der Waals surface area contributed by atoms with Crippen LogP contribution in [0.1, 0.15) is 35.8 Å². The van der Waals surface area contributed by atoms with Crippen LogP contribution in [0.2, 0.25) is 0 Å². The number of piperidine rings is 1. The number of aromatic amines is 1. The van der Waals surface area contributed by atoms with Crippen LogP contribution in [0.25, 0.3) is 0 Å². The van der Waals surface area contributed by atoms with Crippen molar-refractivity contribution in [2.24, 2.45) is 0 Å². The molecule has 25 heavy (non-hydrogen) atoms. The SMILES string of the molecule is Cc1nc([C@H]2CCCN(C(=O)Nc3ccc(C#N)cc3)C2)cc(=O)[nH]1. The second-order valence-electron chi connectivity index (χ2n) is 6.16. The first-order chi connectivity index (χ1) is 12.0. The van der Waals surface area contributed by atoms with Crippen LogP contribution in [0.3, 0.4) is 0 Å². The van der Waals surface area contributed by atoms with Gasteiger partial charge in [-0.05, 0) is 44.0 Å². The van der Waals surface area contributed by atoms with Crippen LogP contribution in [-0.2, 0) is 0 Å². The van der Waals surface area contributed by atoms with Gasteiger partial charge in [0.25, 0.3) is 5.56 Å². The van der Waals surface area contributed by atoms with E-state index >= 15 is 0 Å². The number of carbonyl (C=O) groups is 1. The van der Waals surface area contributed by atoms with Crippen molar-refractivity contribution >= 4 is 11.7 Å². The van der Waals surface area contributed by atoms with Gasteiger partial charge in [-0.15, -0.1) is 0 Å². The van der Waals surface area contributed by atoms with E-state index in [9.17, 15) is 9.59 Å². The molecule has 2 heterocycles. The van der Waals surface area contributed by atoms with Gasteiger partial charge >= 0.3 is 6.03 Å². The minimum Gasteiger partial charge on any atom is -0.324 e. The number of aryl methyl sites for hydroxylation is 1. The quantitative estimate of drug-likeness (QED) is 0.878. The lowest BCUT2D eigenvalue weighted by molar-refractivity contribution is 0.192. The van der Waals surface area contributed by atoms with E-state index in [1.54, 1.807) is 36.1 Å². The Morgan fingerprint density at radius 2 is 2.16 bits per heavy atom. The Hall–Kier alpha value is -3.14. The third-order valence-corrected chi connectivity index (χ3v) is 4.27. The topological polar surface area (TPSA) is 102 Å². The van der Waals surface area contributed by atoms with E-state index in [2.05, 4.69) is 15.3 Å². The fourth-order valence-electron chi connectivity index (χ4n) is 3.05. The van der Waals surface area contributed by atoms with Crippen LogP contribution in [0.15, 0.2) is 35.1 Å². The van der Waals surface area contributed by atoms with Gasteiger partial charge < -0.3 is 15.2 Å². The number of amides is 2. The summed E-state index contributed by atoms with van der Waals surface area (Å²) in [5, 5.41) is 11.7. The number of nitriles is 1. The third-order valence-electron chi connectivity index (χ3n) is 4.27. The molecule has 7 heteroatoms. The molecule has 1 aromatic heterocycles. The van der Waals surface area contributed by atoms with Gasteiger partial charge in [-0.2, -0.15) is 5.26 Å². The van der Waals surface area contributed by atoms with Gasteiger partial charge in [0.2, 0.25) is 0 Å². The Balaban J connectivity index is 1.68. The summed E-state index contributed by atoms with van der Waals surface area (Å²) in [6, 6.07) is 10.1. The normalized spacial score (nSPS) is 17.0. The summed E-state index contributed by atoms with van der Waals surface area (Å²) in [6.07, 6.45) is 1.76. The van der Waals surface area contributed by atoms with Gasteiger partial charge in [-0.3, -0.25) is 4.79 Å². The number of carbonyl (C=O) groups excluding carboxylic acids is 1. The molecule has 0 unspecified atom stereocenters. The maximum atomic E-state index is 12.5. The van der Waals surface area contributed by atoms with E-state index < -0.39 is 0 Å². The number of nitrogens with zero attached hydrogens (tertiary/aromatic N) is 3. The third kappa shape index (κ3) is 4.04. The smallest absolute Gasteiger partial charge is 0.321 e. The molecular formula is C18H19N5O2. The summed E-state index contributed by atoms with van der Waals surface area (Å²) in [5.41, 5.74) is 1.77. The second-order valence-corrected chi connectivity index (χ2v) is 6.16. The van der Waals surface area contributed by atoms with Gasteiger partial charge in [0, 0.05) is 30.8 Å². The fourth-order valence-corrected chi connectivity index (χ4v) is 3.05. The summed E-state index contributed by atoms with van der Waals surface area (Å²) in [4.78, 5) is 32.9. The van der Waals surface area contributed by atoms with Crippen LogP contribution in [0.5, 0.6) is 0 Å². The molecule has 1 aliphatic heterocycles. The van der Waals surface area contributed by atoms with Crippen molar-refractivity contribution in [2.75, 3.05) is 18.4 Å². The molecule has 1 fully saturated rings. The lowest BCUT2D eigenvalue weighted by Gasteiger charge is -2.32. The fraction of sp³-hybridized carbons (Fsp3) is 0.333. The minimum atomic E-state index is -0.184. The molecule has 0 radical (unpaired) electrons. The number of likely N-dealkylation sites (tertiary alicyclic amines) is 1. The van der Waals surface area contributed by atoms with E-state index in [0.717, 1.165) is 18.5 Å². The molecule has 2 N–H and O–H groups in total. The number of hydrogen-bond acceptors (Lipinski definition) is 4. The average molecular weight is 337 g/mol. The van der Waals surface area contributed by atoms with Crippen molar-refractivity contribution < 1.29 is 4.79 Å². The number of urea groups is 1. The minimum absolute atomic E-state index is 0.0569. The lowest BCUT2D eigenvalue weighted by atomic mass is 9.94. The average Bonchev–Trinajstić information content (AvgIpc) is 2.61. The first-order valence-electron chi connectivity index (χ1n) is 8.19. The molecule has 128 valence electrons. The standard InChI is InChI=1S/C18H19N5O2/c1-12-20-16(9-17(24)21-12)14-3-2-8-23(11-14)18(25)22-15-6-4-13(10-19)5-7-15/h4-7,9,14H,2-3,8,11H2,1H3,(H,22,25)(H,20,21,24)/t14-/m0/s1. The zero-order valence-electron chi connectivity index (χ0n) is 14.0. The molecule has 0 bridgehead atoms. The molecule has 1 saturated heterocycles. The highest BCUT2D eigenvalue weighted by Gasteiger charge is 2.26. The van der Waals surface area contributed by atoms with Crippen molar-refractivity contribution in [1.82, 2.24) is 14.9 Å². The van der Waals surface area contributed by atoms with Gasteiger partial charge in [0.1, 0.15) is 5.82 Å². The molecular weight excluding hydrogens is 318 g/mol. The molecule has 0 aliphatic carbocycles. The highest BCUT2D eigenvalue weighted by molar-refractivity contribution is 5.89. The molecule has 2 aromatic rings. The molecule has 3 rings (SSSR count). The van der Waals surface area contributed by atoms with E-state index in [4.69, 9.17) is 5.26 Å². The van der Waals surface area contributed by atoms with Gasteiger partial charge in [-0.1, -0.05) is 0 Å². The summed E-state index contributed by atoms with van der Waals surface area (Å²) in [6.45, 7) is 2.95. The van der Waals surface area contributed by atoms with E-state index in [-0.39, 0.29) is 17.5 Å². The Morgan fingerprint density at radius 3 is 2.84 bits per heavy atom. The number of aromatic nitrogens is 2. The lowest BCUT2D eigenvalue weighted by Crippen LogP contribution is -2.42. The number of H-pyrrole nitrogens is 1. The van der Waals surface area contributed by atoms with E-state index in [1.807, 2.05) is 6.07 Å². The van der Waals surface area contributed by atoms with Crippen LogP contribution in [-0.4, -0.2) is 34.0 Å². The van der Waals surface area contributed by atoms with Crippen molar-refractivity contribution in [3.63, 3.8) is 0 Å². The molecule has 1 aliphatic rings.